The molecule has 1 saturated carbocycles. The highest BCUT2D eigenvalue weighted by Gasteiger charge is 2.42. The molecule has 3 rings (SSSR count). The summed E-state index contributed by atoms with van der Waals surface area (Å²) in [6.45, 7) is 2.87. The molecule has 1 atom stereocenters. The van der Waals surface area contributed by atoms with E-state index in [2.05, 4.69) is 35.0 Å². The van der Waals surface area contributed by atoms with E-state index in [1.54, 1.807) is 0 Å². The van der Waals surface area contributed by atoms with Crippen LogP contribution in [0, 0.1) is 0 Å². The number of benzene rings is 1. The Morgan fingerprint density at radius 2 is 1.81 bits per heavy atom. The van der Waals surface area contributed by atoms with E-state index in [0.717, 1.165) is 35.8 Å². The SMILES string of the molecule is CC(c1ccc(Br)cc1)N1CCC2(CCCCC2)OC1=O. The highest BCUT2D eigenvalue weighted by molar-refractivity contribution is 9.10. The lowest BCUT2D eigenvalue weighted by atomic mass is 9.81. The fourth-order valence-corrected chi connectivity index (χ4v) is 3.80. The van der Waals surface area contributed by atoms with Crippen LogP contribution in [0.3, 0.4) is 0 Å². The Bertz CT molecular complexity index is 508. The summed E-state index contributed by atoms with van der Waals surface area (Å²) in [7, 11) is 0. The molecule has 21 heavy (non-hydrogen) atoms. The van der Waals surface area contributed by atoms with Crippen molar-refractivity contribution in [1.82, 2.24) is 4.90 Å². The summed E-state index contributed by atoms with van der Waals surface area (Å²) in [5.74, 6) is 0. The average Bonchev–Trinajstić information content (AvgIpc) is 2.48. The zero-order chi connectivity index (χ0) is 14.9. The van der Waals surface area contributed by atoms with Gasteiger partial charge in [-0.2, -0.15) is 0 Å². The van der Waals surface area contributed by atoms with Crippen molar-refractivity contribution in [2.24, 2.45) is 0 Å². The van der Waals surface area contributed by atoms with E-state index in [9.17, 15) is 4.79 Å². The molecule has 1 heterocycles. The third kappa shape index (κ3) is 3.10. The Morgan fingerprint density at radius 3 is 2.43 bits per heavy atom. The Labute approximate surface area is 134 Å². The molecule has 0 aromatic heterocycles. The molecule has 1 aliphatic carbocycles. The quantitative estimate of drug-likeness (QED) is 0.745. The summed E-state index contributed by atoms with van der Waals surface area (Å²) in [6, 6.07) is 8.22. The largest absolute Gasteiger partial charge is 0.443 e. The van der Waals surface area contributed by atoms with Crippen LogP contribution >= 0.6 is 15.9 Å². The molecule has 1 aromatic carbocycles. The molecule has 0 radical (unpaired) electrons. The monoisotopic (exact) mass is 351 g/mol. The van der Waals surface area contributed by atoms with Crippen LogP contribution in [0.1, 0.15) is 57.1 Å². The molecular weight excluding hydrogens is 330 g/mol. The van der Waals surface area contributed by atoms with Gasteiger partial charge in [-0.3, -0.25) is 0 Å². The van der Waals surface area contributed by atoms with E-state index in [-0.39, 0.29) is 17.7 Å². The molecule has 1 saturated heterocycles. The van der Waals surface area contributed by atoms with Gasteiger partial charge in [0.1, 0.15) is 5.60 Å². The zero-order valence-corrected chi connectivity index (χ0v) is 14.1. The van der Waals surface area contributed by atoms with Crippen molar-refractivity contribution in [1.29, 1.82) is 0 Å². The molecular formula is C17H22BrNO2. The van der Waals surface area contributed by atoms with Crippen LogP contribution in [0.25, 0.3) is 0 Å². The van der Waals surface area contributed by atoms with E-state index < -0.39 is 0 Å². The van der Waals surface area contributed by atoms with Gasteiger partial charge < -0.3 is 9.64 Å². The minimum Gasteiger partial charge on any atom is -0.443 e. The van der Waals surface area contributed by atoms with Gasteiger partial charge in [-0.15, -0.1) is 0 Å². The number of rotatable bonds is 2. The summed E-state index contributed by atoms with van der Waals surface area (Å²) >= 11 is 3.45. The van der Waals surface area contributed by atoms with Crippen LogP contribution in [0.2, 0.25) is 0 Å². The number of hydrogen-bond acceptors (Lipinski definition) is 2. The maximum atomic E-state index is 12.4. The summed E-state index contributed by atoms with van der Waals surface area (Å²) in [5.41, 5.74) is 0.986. The number of nitrogens with zero attached hydrogens (tertiary/aromatic N) is 1. The molecule has 1 aromatic rings. The Morgan fingerprint density at radius 1 is 1.14 bits per heavy atom. The minimum atomic E-state index is -0.161. The number of halogens is 1. The van der Waals surface area contributed by atoms with Crippen molar-refractivity contribution in [3.05, 3.63) is 34.3 Å². The first-order valence-corrected chi connectivity index (χ1v) is 8.64. The number of ether oxygens (including phenoxy) is 1. The van der Waals surface area contributed by atoms with E-state index in [4.69, 9.17) is 4.74 Å². The van der Waals surface area contributed by atoms with Gasteiger partial charge in [0.25, 0.3) is 0 Å². The Balaban J connectivity index is 1.70. The molecule has 0 bridgehead atoms. The smallest absolute Gasteiger partial charge is 0.410 e. The van der Waals surface area contributed by atoms with Gasteiger partial charge in [0, 0.05) is 17.4 Å². The summed E-state index contributed by atoms with van der Waals surface area (Å²) in [6.07, 6.45) is 6.57. The van der Waals surface area contributed by atoms with E-state index in [0.29, 0.717) is 0 Å². The molecule has 1 unspecified atom stereocenters. The van der Waals surface area contributed by atoms with Crippen LogP contribution < -0.4 is 0 Å². The van der Waals surface area contributed by atoms with E-state index >= 15 is 0 Å². The lowest BCUT2D eigenvalue weighted by molar-refractivity contribution is -0.0751. The van der Waals surface area contributed by atoms with Crippen molar-refractivity contribution >= 4 is 22.0 Å². The minimum absolute atomic E-state index is 0.0616. The van der Waals surface area contributed by atoms with Crippen LogP contribution in [0.15, 0.2) is 28.7 Å². The van der Waals surface area contributed by atoms with E-state index in [1.165, 1.54) is 19.3 Å². The van der Waals surface area contributed by atoms with Crippen molar-refractivity contribution in [2.75, 3.05) is 6.54 Å². The number of carbonyl (C=O) groups excluding carboxylic acids is 1. The second-order valence-electron chi connectivity index (χ2n) is 6.28. The lowest BCUT2D eigenvalue weighted by Crippen LogP contribution is -2.51. The third-order valence-corrected chi connectivity index (χ3v) is 5.46. The highest BCUT2D eigenvalue weighted by atomic mass is 79.9. The molecule has 3 nitrogen and oxygen atoms in total. The van der Waals surface area contributed by atoms with Gasteiger partial charge in [-0.1, -0.05) is 34.5 Å². The molecule has 1 aliphatic heterocycles. The van der Waals surface area contributed by atoms with Crippen LogP contribution in [-0.2, 0) is 4.74 Å². The van der Waals surface area contributed by atoms with Gasteiger partial charge >= 0.3 is 6.09 Å². The number of amides is 1. The molecule has 0 N–H and O–H groups in total. The van der Waals surface area contributed by atoms with E-state index in [1.807, 2.05) is 17.0 Å². The fourth-order valence-electron chi connectivity index (χ4n) is 3.53. The van der Waals surface area contributed by atoms with Crippen molar-refractivity contribution in [2.45, 2.75) is 57.1 Å². The lowest BCUT2D eigenvalue weighted by Gasteiger charge is -2.45. The molecule has 2 aliphatic rings. The molecule has 1 spiro atoms. The van der Waals surface area contributed by atoms with Crippen molar-refractivity contribution in [3.63, 3.8) is 0 Å². The summed E-state index contributed by atoms with van der Waals surface area (Å²) < 4.78 is 6.93. The average molecular weight is 352 g/mol. The predicted octanol–water partition coefficient (Wildman–Crippen LogP) is 5.06. The maximum absolute atomic E-state index is 12.4. The predicted molar refractivity (Wildman–Crippen MR) is 86.2 cm³/mol. The first-order chi connectivity index (χ1) is 10.1. The molecule has 4 heteroatoms. The Kier molecular flexibility index (Phi) is 4.25. The standard InChI is InChI=1S/C17H22BrNO2/c1-13(14-5-7-15(18)8-6-14)19-12-11-17(21-16(19)20)9-3-2-4-10-17/h5-8,13H,2-4,9-12H2,1H3. The first kappa shape index (κ1) is 14.9. The number of hydrogen-bond donors (Lipinski definition) is 0. The Hall–Kier alpha value is -1.03. The third-order valence-electron chi connectivity index (χ3n) is 4.93. The van der Waals surface area contributed by atoms with Crippen molar-refractivity contribution < 1.29 is 9.53 Å². The number of carbonyl (C=O) groups is 1. The highest BCUT2D eigenvalue weighted by Crippen LogP contribution is 2.39. The van der Waals surface area contributed by atoms with Crippen molar-refractivity contribution in [3.8, 4) is 0 Å². The second-order valence-corrected chi connectivity index (χ2v) is 7.20. The second kappa shape index (κ2) is 5.99. The van der Waals surface area contributed by atoms with Gasteiger partial charge in [0.2, 0.25) is 0 Å². The van der Waals surface area contributed by atoms with Gasteiger partial charge in [0.05, 0.1) is 6.04 Å². The molecule has 2 fully saturated rings. The maximum Gasteiger partial charge on any atom is 0.410 e. The normalized spacial score (nSPS) is 23.0. The zero-order valence-electron chi connectivity index (χ0n) is 12.5. The summed E-state index contributed by atoms with van der Waals surface area (Å²) in [5, 5.41) is 0. The first-order valence-electron chi connectivity index (χ1n) is 7.85. The van der Waals surface area contributed by atoms with Crippen LogP contribution in [0.4, 0.5) is 4.79 Å². The fraction of sp³-hybridized carbons (Fsp3) is 0.588. The molecule has 1 amide bonds. The van der Waals surface area contributed by atoms with Gasteiger partial charge in [-0.25, -0.2) is 4.79 Å². The van der Waals surface area contributed by atoms with Crippen LogP contribution in [-0.4, -0.2) is 23.1 Å². The topological polar surface area (TPSA) is 29.5 Å². The van der Waals surface area contributed by atoms with Gasteiger partial charge in [-0.05, 0) is 50.3 Å². The van der Waals surface area contributed by atoms with Crippen LogP contribution in [0.5, 0.6) is 0 Å². The molecule has 114 valence electrons. The summed E-state index contributed by atoms with van der Waals surface area (Å²) in [4.78, 5) is 14.3. The van der Waals surface area contributed by atoms with Gasteiger partial charge in [0.15, 0.2) is 0 Å².